The largest absolute Gasteiger partial charge is 0.343 e. The number of amides is 1. The molecule has 1 rings (SSSR count). The fourth-order valence-corrected chi connectivity index (χ4v) is 1.71. The maximum Gasteiger partial charge on any atom is 0.222 e. The zero-order valence-electron chi connectivity index (χ0n) is 8.38. The topological polar surface area (TPSA) is 37.4 Å². The van der Waals surface area contributed by atoms with Gasteiger partial charge in [0.25, 0.3) is 0 Å². The first kappa shape index (κ1) is 10.2. The number of nitrogens with zero attached hydrogens (tertiary/aromatic N) is 1. The monoisotopic (exact) mass is 183 g/mol. The van der Waals surface area contributed by atoms with E-state index in [0.717, 1.165) is 12.8 Å². The van der Waals surface area contributed by atoms with Crippen molar-refractivity contribution in [2.75, 3.05) is 7.05 Å². The van der Waals surface area contributed by atoms with E-state index in [9.17, 15) is 9.59 Å². The van der Waals surface area contributed by atoms with E-state index >= 15 is 0 Å². The van der Waals surface area contributed by atoms with Gasteiger partial charge in [-0.05, 0) is 12.8 Å². The summed E-state index contributed by atoms with van der Waals surface area (Å²) < 4.78 is 0. The smallest absolute Gasteiger partial charge is 0.222 e. The molecular weight excluding hydrogens is 166 g/mol. The lowest BCUT2D eigenvalue weighted by atomic mass is 10.1. The molecule has 0 aromatic heterocycles. The highest BCUT2D eigenvalue weighted by Crippen LogP contribution is 2.20. The fraction of sp³-hybridized carbons (Fsp3) is 0.800. The Morgan fingerprint density at radius 2 is 2.31 bits per heavy atom. The van der Waals surface area contributed by atoms with Gasteiger partial charge in [-0.25, -0.2) is 0 Å². The van der Waals surface area contributed by atoms with Crippen LogP contribution in [0.4, 0.5) is 0 Å². The van der Waals surface area contributed by atoms with Crippen LogP contribution in [0.5, 0.6) is 0 Å². The van der Waals surface area contributed by atoms with E-state index in [1.54, 1.807) is 4.90 Å². The molecule has 1 heterocycles. The number of carbonyl (C=O) groups is 2. The maximum atomic E-state index is 11.1. The van der Waals surface area contributed by atoms with Crippen LogP contribution >= 0.6 is 0 Å². The molecule has 3 nitrogen and oxygen atoms in total. The molecule has 1 atom stereocenters. The fourth-order valence-electron chi connectivity index (χ4n) is 1.71. The maximum absolute atomic E-state index is 11.1. The molecule has 0 aromatic carbocycles. The van der Waals surface area contributed by atoms with Crippen molar-refractivity contribution in [2.45, 2.75) is 45.1 Å². The third-order valence-corrected chi connectivity index (χ3v) is 2.78. The van der Waals surface area contributed by atoms with E-state index in [1.165, 1.54) is 0 Å². The average Bonchev–Trinajstić information content (AvgIpc) is 2.44. The second kappa shape index (κ2) is 4.40. The molecule has 1 saturated heterocycles. The predicted molar refractivity (Wildman–Crippen MR) is 50.3 cm³/mol. The summed E-state index contributed by atoms with van der Waals surface area (Å²) in [6, 6.07) is 0.308. The van der Waals surface area contributed by atoms with Crippen molar-refractivity contribution in [3.63, 3.8) is 0 Å². The Morgan fingerprint density at radius 1 is 1.62 bits per heavy atom. The molecular formula is C10H17NO2. The van der Waals surface area contributed by atoms with Crippen LogP contribution in [0, 0.1) is 0 Å². The zero-order chi connectivity index (χ0) is 9.84. The Kier molecular flexibility index (Phi) is 3.46. The van der Waals surface area contributed by atoms with Gasteiger partial charge in [0.2, 0.25) is 5.91 Å². The number of hydrogen-bond donors (Lipinski definition) is 0. The van der Waals surface area contributed by atoms with Gasteiger partial charge >= 0.3 is 0 Å². The van der Waals surface area contributed by atoms with Crippen molar-refractivity contribution in [3.8, 4) is 0 Å². The van der Waals surface area contributed by atoms with Crippen LogP contribution in [0.3, 0.4) is 0 Å². The lowest BCUT2D eigenvalue weighted by molar-refractivity contribution is -0.128. The molecule has 3 heteroatoms. The van der Waals surface area contributed by atoms with Crippen molar-refractivity contribution < 1.29 is 9.59 Å². The molecule has 0 aromatic rings. The van der Waals surface area contributed by atoms with Gasteiger partial charge in [-0.3, -0.25) is 9.59 Å². The van der Waals surface area contributed by atoms with Gasteiger partial charge in [0.1, 0.15) is 5.78 Å². The second-order valence-corrected chi connectivity index (χ2v) is 3.63. The number of likely N-dealkylation sites (tertiary alicyclic amines) is 1. The Balaban J connectivity index is 2.30. The van der Waals surface area contributed by atoms with E-state index in [-0.39, 0.29) is 5.91 Å². The van der Waals surface area contributed by atoms with E-state index < -0.39 is 0 Å². The summed E-state index contributed by atoms with van der Waals surface area (Å²) in [6.07, 6.45) is 3.66. The van der Waals surface area contributed by atoms with Gasteiger partial charge in [-0.15, -0.1) is 0 Å². The van der Waals surface area contributed by atoms with Gasteiger partial charge in [-0.2, -0.15) is 0 Å². The lowest BCUT2D eigenvalue weighted by Crippen LogP contribution is -2.28. The molecule has 1 aliphatic heterocycles. The minimum Gasteiger partial charge on any atom is -0.343 e. The van der Waals surface area contributed by atoms with Crippen LogP contribution in [0.1, 0.15) is 39.0 Å². The summed E-state index contributed by atoms with van der Waals surface area (Å²) in [5.74, 6) is 0.515. The van der Waals surface area contributed by atoms with Crippen LogP contribution in [0.2, 0.25) is 0 Å². The third-order valence-electron chi connectivity index (χ3n) is 2.78. The van der Waals surface area contributed by atoms with E-state index in [2.05, 4.69) is 0 Å². The SMILES string of the molecule is CCC(=O)CCC1CCC(=O)N1C. The van der Waals surface area contributed by atoms with E-state index in [0.29, 0.717) is 31.1 Å². The molecule has 0 spiro atoms. The number of ketones is 1. The van der Waals surface area contributed by atoms with Crippen LogP contribution in [0.25, 0.3) is 0 Å². The molecule has 74 valence electrons. The molecule has 0 saturated carbocycles. The third kappa shape index (κ3) is 2.54. The summed E-state index contributed by atoms with van der Waals surface area (Å²) >= 11 is 0. The molecule has 0 radical (unpaired) electrons. The predicted octanol–water partition coefficient (Wildman–Crippen LogP) is 1.37. The van der Waals surface area contributed by atoms with Crippen molar-refractivity contribution >= 4 is 11.7 Å². The summed E-state index contributed by atoms with van der Waals surface area (Å²) in [7, 11) is 1.83. The highest BCUT2D eigenvalue weighted by Gasteiger charge is 2.27. The molecule has 0 N–H and O–H groups in total. The number of rotatable bonds is 4. The zero-order valence-corrected chi connectivity index (χ0v) is 8.38. The molecule has 1 fully saturated rings. The van der Waals surface area contributed by atoms with Crippen molar-refractivity contribution in [1.82, 2.24) is 4.90 Å². The van der Waals surface area contributed by atoms with Crippen molar-refractivity contribution in [3.05, 3.63) is 0 Å². The Hall–Kier alpha value is -0.860. The first-order valence-corrected chi connectivity index (χ1v) is 4.92. The standard InChI is InChI=1S/C10H17NO2/c1-3-9(12)6-4-8-5-7-10(13)11(8)2/h8H,3-7H2,1-2H3. The molecule has 0 bridgehead atoms. The van der Waals surface area contributed by atoms with Gasteiger partial charge in [0.05, 0.1) is 0 Å². The minimum atomic E-state index is 0.217. The van der Waals surface area contributed by atoms with Crippen LogP contribution in [-0.4, -0.2) is 29.7 Å². The van der Waals surface area contributed by atoms with Gasteiger partial charge in [0.15, 0.2) is 0 Å². The Morgan fingerprint density at radius 3 is 2.77 bits per heavy atom. The number of Topliss-reactive ketones (excluding diaryl/α,β-unsaturated/α-hetero) is 1. The number of carbonyl (C=O) groups excluding carboxylic acids is 2. The Bertz CT molecular complexity index is 213. The normalized spacial score (nSPS) is 22.5. The van der Waals surface area contributed by atoms with Gasteiger partial charge in [0, 0.05) is 32.4 Å². The summed E-state index contributed by atoms with van der Waals surface area (Å²) in [4.78, 5) is 24.0. The molecule has 0 aliphatic carbocycles. The minimum absolute atomic E-state index is 0.217. The van der Waals surface area contributed by atoms with Crippen molar-refractivity contribution in [2.24, 2.45) is 0 Å². The average molecular weight is 183 g/mol. The van der Waals surface area contributed by atoms with E-state index in [1.807, 2.05) is 14.0 Å². The molecule has 1 aliphatic rings. The lowest BCUT2D eigenvalue weighted by Gasteiger charge is -2.18. The summed E-state index contributed by atoms with van der Waals surface area (Å²) in [5, 5.41) is 0. The second-order valence-electron chi connectivity index (χ2n) is 3.63. The highest BCUT2D eigenvalue weighted by molar-refractivity contribution is 5.79. The number of hydrogen-bond acceptors (Lipinski definition) is 2. The quantitative estimate of drug-likeness (QED) is 0.660. The van der Waals surface area contributed by atoms with Crippen LogP contribution in [-0.2, 0) is 9.59 Å². The van der Waals surface area contributed by atoms with Gasteiger partial charge in [-0.1, -0.05) is 6.92 Å². The van der Waals surface area contributed by atoms with Gasteiger partial charge < -0.3 is 4.90 Å². The van der Waals surface area contributed by atoms with Crippen molar-refractivity contribution in [1.29, 1.82) is 0 Å². The summed E-state index contributed by atoms with van der Waals surface area (Å²) in [6.45, 7) is 1.88. The first-order chi connectivity index (χ1) is 6.15. The van der Waals surface area contributed by atoms with E-state index in [4.69, 9.17) is 0 Å². The van der Waals surface area contributed by atoms with Crippen LogP contribution < -0.4 is 0 Å². The first-order valence-electron chi connectivity index (χ1n) is 4.92. The molecule has 1 amide bonds. The summed E-state index contributed by atoms with van der Waals surface area (Å²) in [5.41, 5.74) is 0. The highest BCUT2D eigenvalue weighted by atomic mass is 16.2. The van der Waals surface area contributed by atoms with Crippen LogP contribution in [0.15, 0.2) is 0 Å². The molecule has 1 unspecified atom stereocenters. The molecule has 13 heavy (non-hydrogen) atoms. The Labute approximate surface area is 79.1 Å².